The molecule has 0 saturated carbocycles. The molecule has 1 heterocycles. The van der Waals surface area contributed by atoms with E-state index in [9.17, 15) is 9.59 Å². The summed E-state index contributed by atoms with van der Waals surface area (Å²) in [6.07, 6.45) is 1.38. The van der Waals surface area contributed by atoms with E-state index in [-0.39, 0.29) is 11.3 Å². The van der Waals surface area contributed by atoms with Gasteiger partial charge in [-0.3, -0.25) is 0 Å². The number of carboxylic acids is 1. The predicted octanol–water partition coefficient (Wildman–Crippen LogP) is 0.875. The fourth-order valence-corrected chi connectivity index (χ4v) is 1.01. The van der Waals surface area contributed by atoms with E-state index in [1.165, 1.54) is 19.4 Å². The number of carbonyl (C=O) groups is 2. The summed E-state index contributed by atoms with van der Waals surface area (Å²) in [7, 11) is 1.19. The number of ether oxygens (including phenoxy) is 1. The second kappa shape index (κ2) is 3.87. The summed E-state index contributed by atoms with van der Waals surface area (Å²) in [5, 5.41) is 8.73. The number of aromatic nitrogens is 1. The van der Waals surface area contributed by atoms with Crippen molar-refractivity contribution in [3.8, 4) is 0 Å². The highest BCUT2D eigenvalue weighted by Crippen LogP contribution is 2.09. The minimum Gasteiger partial charge on any atom is -0.476 e. The summed E-state index contributed by atoms with van der Waals surface area (Å²) >= 11 is 0. The van der Waals surface area contributed by atoms with E-state index >= 15 is 0 Å². The minimum absolute atomic E-state index is 0.0278. The standard InChI is InChI=1S/C9H9NO4/c1-5-3-6(9(13)14-2)7(8(11)12)10-4-5/h3-4H,1-2H3,(H,11,12). The first-order valence-corrected chi connectivity index (χ1v) is 3.84. The van der Waals surface area contributed by atoms with Crippen LogP contribution in [0, 0.1) is 6.92 Å². The van der Waals surface area contributed by atoms with Crippen LogP contribution in [0.25, 0.3) is 0 Å². The monoisotopic (exact) mass is 195 g/mol. The molecular formula is C9H9NO4. The highest BCUT2D eigenvalue weighted by Gasteiger charge is 2.18. The first-order chi connectivity index (χ1) is 6.56. The highest BCUT2D eigenvalue weighted by molar-refractivity contribution is 6.01. The molecular weight excluding hydrogens is 186 g/mol. The number of methoxy groups -OCH3 is 1. The molecule has 0 amide bonds. The average Bonchev–Trinajstić information content (AvgIpc) is 2.16. The normalized spacial score (nSPS) is 9.57. The lowest BCUT2D eigenvalue weighted by Crippen LogP contribution is -2.12. The van der Waals surface area contributed by atoms with Gasteiger partial charge in [0.15, 0.2) is 5.69 Å². The summed E-state index contributed by atoms with van der Waals surface area (Å²) in [6, 6.07) is 1.43. The molecule has 1 aromatic rings. The van der Waals surface area contributed by atoms with Crippen molar-refractivity contribution in [2.45, 2.75) is 6.92 Å². The van der Waals surface area contributed by atoms with Gasteiger partial charge in [-0.1, -0.05) is 0 Å². The molecule has 0 spiro atoms. The van der Waals surface area contributed by atoms with Crippen molar-refractivity contribution in [1.29, 1.82) is 0 Å². The van der Waals surface area contributed by atoms with E-state index < -0.39 is 11.9 Å². The van der Waals surface area contributed by atoms with Crippen molar-refractivity contribution in [2.24, 2.45) is 0 Å². The van der Waals surface area contributed by atoms with Gasteiger partial charge in [0, 0.05) is 6.20 Å². The Morgan fingerprint density at radius 3 is 2.64 bits per heavy atom. The quantitative estimate of drug-likeness (QED) is 0.708. The molecule has 0 aliphatic rings. The Balaban J connectivity index is 3.29. The van der Waals surface area contributed by atoms with Gasteiger partial charge < -0.3 is 9.84 Å². The van der Waals surface area contributed by atoms with Gasteiger partial charge in [0.2, 0.25) is 0 Å². The molecule has 0 saturated heterocycles. The molecule has 1 rings (SSSR count). The molecule has 1 N–H and O–H groups in total. The molecule has 14 heavy (non-hydrogen) atoms. The highest BCUT2D eigenvalue weighted by atomic mass is 16.5. The Hall–Kier alpha value is -1.91. The molecule has 0 unspecified atom stereocenters. The topological polar surface area (TPSA) is 76.5 Å². The van der Waals surface area contributed by atoms with Gasteiger partial charge >= 0.3 is 11.9 Å². The van der Waals surface area contributed by atoms with Gasteiger partial charge in [-0.2, -0.15) is 0 Å². The maximum absolute atomic E-state index is 11.2. The molecule has 0 bridgehead atoms. The Morgan fingerprint density at radius 1 is 1.50 bits per heavy atom. The van der Waals surface area contributed by atoms with E-state index in [2.05, 4.69) is 9.72 Å². The van der Waals surface area contributed by atoms with Crippen molar-refractivity contribution >= 4 is 11.9 Å². The van der Waals surface area contributed by atoms with Crippen LogP contribution in [0.4, 0.5) is 0 Å². The van der Waals surface area contributed by atoms with Crippen molar-refractivity contribution in [1.82, 2.24) is 4.98 Å². The number of hydrogen-bond donors (Lipinski definition) is 1. The number of hydrogen-bond acceptors (Lipinski definition) is 4. The Bertz CT molecular complexity index is 386. The maximum Gasteiger partial charge on any atom is 0.355 e. The van der Waals surface area contributed by atoms with Gasteiger partial charge in [0.1, 0.15) is 0 Å². The summed E-state index contributed by atoms with van der Waals surface area (Å²) in [5.74, 6) is -1.94. The van der Waals surface area contributed by atoms with Crippen LogP contribution in [-0.2, 0) is 4.74 Å². The van der Waals surface area contributed by atoms with Crippen LogP contribution < -0.4 is 0 Å². The summed E-state index contributed by atoms with van der Waals surface area (Å²) in [6.45, 7) is 1.71. The molecule has 5 nitrogen and oxygen atoms in total. The van der Waals surface area contributed by atoms with Crippen LogP contribution in [0.3, 0.4) is 0 Å². The second-order valence-electron chi connectivity index (χ2n) is 2.71. The first kappa shape index (κ1) is 10.2. The number of carboxylic acid groups (broad SMARTS) is 1. The fourth-order valence-electron chi connectivity index (χ4n) is 1.01. The average molecular weight is 195 g/mol. The fraction of sp³-hybridized carbons (Fsp3) is 0.222. The number of rotatable bonds is 2. The molecule has 74 valence electrons. The molecule has 0 aliphatic carbocycles. The van der Waals surface area contributed by atoms with Crippen LogP contribution in [0.1, 0.15) is 26.4 Å². The van der Waals surface area contributed by atoms with Crippen molar-refractivity contribution in [2.75, 3.05) is 7.11 Å². The molecule has 1 aromatic heterocycles. The number of esters is 1. The van der Waals surface area contributed by atoms with Crippen LogP contribution >= 0.6 is 0 Å². The Labute approximate surface area is 80.3 Å². The smallest absolute Gasteiger partial charge is 0.355 e. The number of nitrogens with zero attached hydrogens (tertiary/aromatic N) is 1. The molecule has 0 aromatic carbocycles. The van der Waals surface area contributed by atoms with Crippen LogP contribution in [0.15, 0.2) is 12.3 Å². The van der Waals surface area contributed by atoms with Gasteiger partial charge in [0.05, 0.1) is 12.7 Å². The Morgan fingerprint density at radius 2 is 2.14 bits per heavy atom. The molecule has 0 radical (unpaired) electrons. The van der Waals surface area contributed by atoms with Gasteiger partial charge in [-0.05, 0) is 18.6 Å². The lowest BCUT2D eigenvalue weighted by Gasteiger charge is -2.03. The molecule has 0 aliphatic heterocycles. The third kappa shape index (κ3) is 1.87. The number of aromatic carboxylic acids is 1. The third-order valence-electron chi connectivity index (χ3n) is 1.63. The Kier molecular flexibility index (Phi) is 2.81. The van der Waals surface area contributed by atoms with Gasteiger partial charge in [-0.15, -0.1) is 0 Å². The molecule has 0 fully saturated rings. The number of carbonyl (C=O) groups excluding carboxylic acids is 1. The van der Waals surface area contributed by atoms with E-state index in [0.717, 1.165) is 0 Å². The van der Waals surface area contributed by atoms with Crippen LogP contribution in [0.5, 0.6) is 0 Å². The summed E-state index contributed by atoms with van der Waals surface area (Å²) in [5.41, 5.74) is 0.387. The van der Waals surface area contributed by atoms with Gasteiger partial charge in [-0.25, -0.2) is 14.6 Å². The largest absolute Gasteiger partial charge is 0.476 e. The first-order valence-electron chi connectivity index (χ1n) is 3.84. The molecule has 5 heteroatoms. The maximum atomic E-state index is 11.2. The zero-order chi connectivity index (χ0) is 10.7. The zero-order valence-corrected chi connectivity index (χ0v) is 7.77. The van der Waals surface area contributed by atoms with Crippen molar-refractivity contribution in [3.63, 3.8) is 0 Å². The van der Waals surface area contributed by atoms with E-state index in [4.69, 9.17) is 5.11 Å². The van der Waals surface area contributed by atoms with E-state index in [0.29, 0.717) is 5.56 Å². The SMILES string of the molecule is COC(=O)c1cc(C)cnc1C(=O)O. The third-order valence-corrected chi connectivity index (χ3v) is 1.63. The van der Waals surface area contributed by atoms with Crippen LogP contribution in [0.2, 0.25) is 0 Å². The minimum atomic E-state index is -1.24. The van der Waals surface area contributed by atoms with E-state index in [1.807, 2.05) is 0 Å². The second-order valence-corrected chi connectivity index (χ2v) is 2.71. The van der Waals surface area contributed by atoms with Gasteiger partial charge in [0.25, 0.3) is 0 Å². The van der Waals surface area contributed by atoms with Crippen molar-refractivity contribution in [3.05, 3.63) is 29.1 Å². The van der Waals surface area contributed by atoms with E-state index in [1.54, 1.807) is 6.92 Å². The predicted molar refractivity (Wildman–Crippen MR) is 47.3 cm³/mol. The lowest BCUT2D eigenvalue weighted by atomic mass is 10.1. The summed E-state index contributed by atoms with van der Waals surface area (Å²) in [4.78, 5) is 25.5. The number of pyridine rings is 1. The number of aryl methyl sites for hydroxylation is 1. The van der Waals surface area contributed by atoms with Crippen LogP contribution in [-0.4, -0.2) is 29.1 Å². The molecule has 0 atom stereocenters. The zero-order valence-electron chi connectivity index (χ0n) is 7.77. The van der Waals surface area contributed by atoms with Crippen molar-refractivity contribution < 1.29 is 19.4 Å². The summed E-state index contributed by atoms with van der Waals surface area (Å²) < 4.78 is 4.44. The lowest BCUT2D eigenvalue weighted by molar-refractivity contribution is 0.0580.